The monoisotopic (exact) mass is 495 g/mol. The van der Waals surface area contributed by atoms with E-state index in [1.165, 1.54) is 29.7 Å². The van der Waals surface area contributed by atoms with Gasteiger partial charge < -0.3 is 5.32 Å². The average Bonchev–Trinajstić information content (AvgIpc) is 3.15. The Balaban J connectivity index is 1.53. The Morgan fingerprint density at radius 1 is 0.972 bits per heavy atom. The Kier molecular flexibility index (Phi) is 6.64. The van der Waals surface area contributed by atoms with Crippen LogP contribution in [0.15, 0.2) is 101 Å². The zero-order valence-electron chi connectivity index (χ0n) is 19.4. The number of hydrogen-bond acceptors (Lipinski definition) is 4. The van der Waals surface area contributed by atoms with E-state index in [-0.39, 0.29) is 24.2 Å². The molecule has 0 unspecified atom stereocenters. The molecule has 4 aromatic rings. The van der Waals surface area contributed by atoms with Gasteiger partial charge in [-0.1, -0.05) is 66.7 Å². The molecule has 4 aromatic carbocycles. The molecule has 0 bridgehead atoms. The summed E-state index contributed by atoms with van der Waals surface area (Å²) in [5.74, 6) is -0.764. The minimum atomic E-state index is -0.370. The fourth-order valence-electron chi connectivity index (χ4n) is 3.95. The Hall–Kier alpha value is -4.23. The van der Waals surface area contributed by atoms with Crippen molar-refractivity contribution in [3.63, 3.8) is 0 Å². The fourth-order valence-corrected chi connectivity index (χ4v) is 4.94. The fraction of sp³-hybridized carbons (Fsp3) is 0.0690. The highest BCUT2D eigenvalue weighted by Crippen LogP contribution is 2.37. The SMILES string of the molecule is CC(=O)Nc1ccc(/C=C2\SC(=Nc3cccc4ccccc34)N(Cc3ccccc3F)C2=O)cc1. The van der Waals surface area contributed by atoms with Crippen LogP contribution in [0.5, 0.6) is 0 Å². The van der Waals surface area contributed by atoms with Crippen molar-refractivity contribution in [3.8, 4) is 0 Å². The number of amidine groups is 1. The summed E-state index contributed by atoms with van der Waals surface area (Å²) in [6.45, 7) is 1.52. The third kappa shape index (κ3) is 5.06. The number of amides is 2. The Morgan fingerprint density at radius 2 is 1.69 bits per heavy atom. The van der Waals surface area contributed by atoms with Crippen molar-refractivity contribution >= 4 is 57.0 Å². The first-order valence-electron chi connectivity index (χ1n) is 11.4. The van der Waals surface area contributed by atoms with Gasteiger partial charge in [0.2, 0.25) is 5.91 Å². The van der Waals surface area contributed by atoms with E-state index in [1.54, 1.807) is 36.4 Å². The Bertz CT molecular complexity index is 1520. The molecule has 178 valence electrons. The van der Waals surface area contributed by atoms with Crippen LogP contribution in [0.4, 0.5) is 15.8 Å². The summed E-state index contributed by atoms with van der Waals surface area (Å²) >= 11 is 1.26. The molecule has 1 N–H and O–H groups in total. The number of benzene rings is 4. The molecule has 1 aliphatic rings. The van der Waals surface area contributed by atoms with Gasteiger partial charge in [0.15, 0.2) is 5.17 Å². The molecule has 0 aliphatic carbocycles. The average molecular weight is 496 g/mol. The van der Waals surface area contributed by atoms with Gasteiger partial charge in [0.25, 0.3) is 5.91 Å². The highest BCUT2D eigenvalue weighted by molar-refractivity contribution is 8.18. The number of rotatable bonds is 5. The summed E-state index contributed by atoms with van der Waals surface area (Å²) in [7, 11) is 0. The van der Waals surface area contributed by atoms with Gasteiger partial charge in [0.05, 0.1) is 17.1 Å². The van der Waals surface area contributed by atoms with Crippen LogP contribution in [-0.2, 0) is 16.1 Å². The maximum absolute atomic E-state index is 14.5. The lowest BCUT2D eigenvalue weighted by atomic mass is 10.1. The summed E-state index contributed by atoms with van der Waals surface area (Å²) in [5, 5.41) is 5.23. The molecule has 0 saturated carbocycles. The summed E-state index contributed by atoms with van der Waals surface area (Å²) in [6.07, 6.45) is 1.78. The van der Waals surface area contributed by atoms with E-state index in [2.05, 4.69) is 5.32 Å². The van der Waals surface area contributed by atoms with E-state index in [9.17, 15) is 14.0 Å². The number of halogens is 1. The molecular weight excluding hydrogens is 473 g/mol. The molecule has 0 aromatic heterocycles. The summed E-state index contributed by atoms with van der Waals surface area (Å²) in [4.78, 5) is 31.6. The second-order valence-corrected chi connectivity index (χ2v) is 9.30. The van der Waals surface area contributed by atoms with Gasteiger partial charge in [0.1, 0.15) is 5.82 Å². The molecule has 2 amide bonds. The zero-order chi connectivity index (χ0) is 25.1. The van der Waals surface area contributed by atoms with Crippen molar-refractivity contribution in [1.82, 2.24) is 4.90 Å². The largest absolute Gasteiger partial charge is 0.326 e. The van der Waals surface area contributed by atoms with Crippen molar-refractivity contribution in [2.45, 2.75) is 13.5 Å². The number of nitrogens with one attached hydrogen (secondary N) is 1. The van der Waals surface area contributed by atoms with Crippen LogP contribution in [-0.4, -0.2) is 21.9 Å². The van der Waals surface area contributed by atoms with Gasteiger partial charge in [-0.15, -0.1) is 0 Å². The van der Waals surface area contributed by atoms with Gasteiger partial charge >= 0.3 is 0 Å². The van der Waals surface area contributed by atoms with Crippen LogP contribution < -0.4 is 5.32 Å². The number of anilines is 1. The van der Waals surface area contributed by atoms with Crippen molar-refractivity contribution in [2.24, 2.45) is 4.99 Å². The predicted octanol–water partition coefficient (Wildman–Crippen LogP) is 6.74. The molecule has 1 fully saturated rings. The van der Waals surface area contributed by atoms with Crippen LogP contribution in [0.25, 0.3) is 16.8 Å². The Labute approximate surface area is 212 Å². The molecule has 0 atom stereocenters. The number of hydrogen-bond donors (Lipinski definition) is 1. The molecule has 0 spiro atoms. The number of thioether (sulfide) groups is 1. The van der Waals surface area contributed by atoms with E-state index < -0.39 is 0 Å². The van der Waals surface area contributed by atoms with E-state index >= 15 is 0 Å². The molecule has 36 heavy (non-hydrogen) atoms. The number of nitrogens with zero attached hydrogens (tertiary/aromatic N) is 2. The van der Waals surface area contributed by atoms with Gasteiger partial charge in [0, 0.05) is 23.6 Å². The first-order valence-corrected chi connectivity index (χ1v) is 12.2. The minimum absolute atomic E-state index is 0.0704. The van der Waals surface area contributed by atoms with Crippen LogP contribution in [0.1, 0.15) is 18.1 Å². The lowest BCUT2D eigenvalue weighted by Gasteiger charge is -2.16. The van der Waals surface area contributed by atoms with Gasteiger partial charge in [-0.25, -0.2) is 9.38 Å². The maximum Gasteiger partial charge on any atom is 0.267 e. The molecule has 5 nitrogen and oxygen atoms in total. The first-order chi connectivity index (χ1) is 17.5. The third-order valence-electron chi connectivity index (χ3n) is 5.69. The smallest absolute Gasteiger partial charge is 0.267 e. The molecule has 1 heterocycles. The normalized spacial score (nSPS) is 15.7. The standard InChI is InChI=1S/C29H22FN3O2S/c1-19(34)31-23-15-13-20(14-16-23)17-27-28(35)33(18-22-8-3-5-11-25(22)30)29(36-27)32-26-12-6-9-21-7-2-4-10-24(21)26/h2-17H,18H2,1H3,(H,31,34)/b27-17-,32-29?. The van der Waals surface area contributed by atoms with Crippen LogP contribution >= 0.6 is 11.8 Å². The number of fused-ring (bicyclic) bond motifs is 1. The van der Waals surface area contributed by atoms with E-state index in [1.807, 2.05) is 54.6 Å². The second kappa shape index (κ2) is 10.2. The van der Waals surface area contributed by atoms with Gasteiger partial charge in [-0.2, -0.15) is 0 Å². The topological polar surface area (TPSA) is 61.8 Å². The maximum atomic E-state index is 14.5. The second-order valence-electron chi connectivity index (χ2n) is 8.29. The first kappa shape index (κ1) is 23.5. The number of carbonyl (C=O) groups is 2. The lowest BCUT2D eigenvalue weighted by Crippen LogP contribution is -2.28. The van der Waals surface area contributed by atoms with Crippen molar-refractivity contribution in [2.75, 3.05) is 5.32 Å². The summed E-state index contributed by atoms with van der Waals surface area (Å²) < 4.78 is 14.5. The summed E-state index contributed by atoms with van der Waals surface area (Å²) in [6, 6.07) is 27.4. The van der Waals surface area contributed by atoms with Gasteiger partial charge in [-0.05, 0) is 53.1 Å². The van der Waals surface area contributed by atoms with E-state index in [0.717, 1.165) is 22.0 Å². The van der Waals surface area contributed by atoms with Gasteiger partial charge in [-0.3, -0.25) is 14.5 Å². The highest BCUT2D eigenvalue weighted by Gasteiger charge is 2.34. The number of aliphatic imine (C=N–C) groups is 1. The predicted molar refractivity (Wildman–Crippen MR) is 144 cm³/mol. The lowest BCUT2D eigenvalue weighted by molar-refractivity contribution is -0.122. The summed E-state index contributed by atoms with van der Waals surface area (Å²) in [5.41, 5.74) is 2.63. The van der Waals surface area contributed by atoms with Crippen molar-refractivity contribution in [1.29, 1.82) is 0 Å². The molecule has 1 aliphatic heterocycles. The number of carbonyl (C=O) groups excluding carboxylic acids is 2. The van der Waals surface area contributed by atoms with E-state index in [4.69, 9.17) is 4.99 Å². The third-order valence-corrected chi connectivity index (χ3v) is 6.69. The molecule has 7 heteroatoms. The highest BCUT2D eigenvalue weighted by atomic mass is 32.2. The quantitative estimate of drug-likeness (QED) is 0.312. The van der Waals surface area contributed by atoms with Crippen LogP contribution in [0.2, 0.25) is 0 Å². The molecular formula is C29H22FN3O2S. The Morgan fingerprint density at radius 3 is 2.47 bits per heavy atom. The zero-order valence-corrected chi connectivity index (χ0v) is 20.3. The molecule has 1 saturated heterocycles. The van der Waals surface area contributed by atoms with Crippen molar-refractivity contribution < 1.29 is 14.0 Å². The molecule has 0 radical (unpaired) electrons. The minimum Gasteiger partial charge on any atom is -0.326 e. The van der Waals surface area contributed by atoms with Crippen LogP contribution in [0, 0.1) is 5.82 Å². The molecule has 5 rings (SSSR count). The van der Waals surface area contributed by atoms with Crippen LogP contribution in [0.3, 0.4) is 0 Å². The van der Waals surface area contributed by atoms with Crippen molar-refractivity contribution in [3.05, 3.63) is 113 Å². The van der Waals surface area contributed by atoms with E-state index in [0.29, 0.717) is 21.3 Å².